The highest BCUT2D eigenvalue weighted by atomic mass is 35.5. The van der Waals surface area contributed by atoms with Gasteiger partial charge in [0.25, 0.3) is 5.91 Å². The molecule has 4 nitrogen and oxygen atoms in total. The number of hydrogen-bond donors (Lipinski definition) is 0. The van der Waals surface area contributed by atoms with Crippen LogP contribution in [0, 0.1) is 5.82 Å². The van der Waals surface area contributed by atoms with E-state index in [9.17, 15) is 14.0 Å². The van der Waals surface area contributed by atoms with Crippen LogP contribution in [0.25, 0.3) is 0 Å². The summed E-state index contributed by atoms with van der Waals surface area (Å²) in [6, 6.07) is 10.9. The molecular weight excluding hydrogens is 345 g/mol. The molecule has 2 heterocycles. The minimum atomic E-state index is -0.701. The number of benzene rings is 2. The van der Waals surface area contributed by atoms with Crippen LogP contribution in [0.3, 0.4) is 0 Å². The summed E-state index contributed by atoms with van der Waals surface area (Å²) in [5.41, 5.74) is 0.135. The van der Waals surface area contributed by atoms with Gasteiger partial charge in [-0.1, -0.05) is 23.7 Å². The summed E-state index contributed by atoms with van der Waals surface area (Å²) in [5, 5.41) is 0.0805. The van der Waals surface area contributed by atoms with Crippen LogP contribution in [0.2, 0.25) is 5.02 Å². The van der Waals surface area contributed by atoms with E-state index >= 15 is 0 Å². The number of carbonyl (C=O) groups is 2. The number of rotatable bonds is 1. The lowest BCUT2D eigenvalue weighted by Crippen LogP contribution is -2.45. The first-order valence-electron chi connectivity index (χ1n) is 8.03. The van der Waals surface area contributed by atoms with Gasteiger partial charge in [-0.25, -0.2) is 4.39 Å². The second kappa shape index (κ2) is 5.85. The Balaban J connectivity index is 1.57. The van der Waals surface area contributed by atoms with Gasteiger partial charge in [0.05, 0.1) is 29.1 Å². The van der Waals surface area contributed by atoms with Gasteiger partial charge >= 0.3 is 0 Å². The van der Waals surface area contributed by atoms with E-state index in [0.29, 0.717) is 30.8 Å². The van der Waals surface area contributed by atoms with Crippen molar-refractivity contribution in [1.82, 2.24) is 4.90 Å². The molecule has 25 heavy (non-hydrogen) atoms. The zero-order valence-corrected chi connectivity index (χ0v) is 14.1. The Kier molecular flexibility index (Phi) is 3.76. The summed E-state index contributed by atoms with van der Waals surface area (Å²) >= 11 is 6.00. The number of carbonyl (C=O) groups excluding carboxylic acids is 2. The number of Topliss-reactive ketones (excluding diaryl/α,β-unsaturated/α-hetero) is 1. The molecule has 0 radical (unpaired) electrons. The van der Waals surface area contributed by atoms with Crippen molar-refractivity contribution in [3.8, 4) is 5.75 Å². The standard InChI is InChI=1S/C19H15ClFNO3/c20-15-9-12(21)5-6-13(15)18(24)22-8-7-19(11-22)10-16(23)14-3-1-2-4-17(14)25-19/h1-6,9H,7-8,10-11H2/t19-/m0/s1. The molecule has 0 aromatic heterocycles. The molecule has 0 N–H and O–H groups in total. The van der Waals surface area contributed by atoms with Crippen LogP contribution in [0.1, 0.15) is 33.6 Å². The first-order valence-corrected chi connectivity index (χ1v) is 8.41. The van der Waals surface area contributed by atoms with E-state index in [-0.39, 0.29) is 28.7 Å². The Labute approximate surface area is 149 Å². The van der Waals surface area contributed by atoms with Gasteiger partial charge in [-0.3, -0.25) is 9.59 Å². The van der Waals surface area contributed by atoms with Gasteiger partial charge in [0.2, 0.25) is 0 Å². The zero-order valence-electron chi connectivity index (χ0n) is 13.3. The number of nitrogens with zero attached hydrogens (tertiary/aromatic N) is 1. The Morgan fingerprint density at radius 1 is 1.24 bits per heavy atom. The fraction of sp³-hybridized carbons (Fsp3) is 0.263. The first kappa shape index (κ1) is 16.1. The molecule has 0 aliphatic carbocycles. The molecule has 0 saturated carbocycles. The lowest BCUT2D eigenvalue weighted by Gasteiger charge is -2.34. The lowest BCUT2D eigenvalue weighted by molar-refractivity contribution is 0.0428. The molecule has 1 atom stereocenters. The van der Waals surface area contributed by atoms with Gasteiger partial charge in [0.15, 0.2) is 5.78 Å². The van der Waals surface area contributed by atoms with Crippen molar-refractivity contribution in [2.75, 3.05) is 13.1 Å². The van der Waals surface area contributed by atoms with E-state index in [2.05, 4.69) is 0 Å². The van der Waals surface area contributed by atoms with E-state index in [1.807, 2.05) is 6.07 Å². The van der Waals surface area contributed by atoms with Crippen LogP contribution in [0.15, 0.2) is 42.5 Å². The largest absolute Gasteiger partial charge is 0.484 e. The van der Waals surface area contributed by atoms with Gasteiger partial charge in [-0.05, 0) is 30.3 Å². The SMILES string of the molecule is O=C1C[C@]2(CCN(C(=O)c3ccc(F)cc3Cl)C2)Oc2ccccc21. The Bertz CT molecular complexity index is 885. The number of halogens is 2. The quantitative estimate of drug-likeness (QED) is 0.779. The summed E-state index contributed by atoms with van der Waals surface area (Å²) in [5.74, 6) is -0.183. The molecule has 1 spiro atoms. The molecule has 0 unspecified atom stereocenters. The fourth-order valence-corrected chi connectivity index (χ4v) is 3.77. The first-order chi connectivity index (χ1) is 12.0. The van der Waals surface area contributed by atoms with E-state index in [4.69, 9.17) is 16.3 Å². The summed E-state index contributed by atoms with van der Waals surface area (Å²) in [7, 11) is 0. The summed E-state index contributed by atoms with van der Waals surface area (Å²) in [6.45, 7) is 0.765. The van der Waals surface area contributed by atoms with Crippen LogP contribution >= 0.6 is 11.6 Å². The van der Waals surface area contributed by atoms with E-state index < -0.39 is 11.4 Å². The molecule has 2 aliphatic rings. The average Bonchev–Trinajstić information content (AvgIpc) is 2.97. The molecular formula is C19H15ClFNO3. The minimum absolute atomic E-state index is 0.0240. The number of likely N-dealkylation sites (tertiary alicyclic amines) is 1. The topological polar surface area (TPSA) is 46.6 Å². The average molecular weight is 360 g/mol. The zero-order chi connectivity index (χ0) is 17.6. The maximum Gasteiger partial charge on any atom is 0.255 e. The third-order valence-corrected chi connectivity index (χ3v) is 5.07. The van der Waals surface area contributed by atoms with Gasteiger partial charge in [-0.15, -0.1) is 0 Å². The molecule has 1 saturated heterocycles. The van der Waals surface area contributed by atoms with Gasteiger partial charge < -0.3 is 9.64 Å². The monoisotopic (exact) mass is 359 g/mol. The molecule has 1 fully saturated rings. The highest BCUT2D eigenvalue weighted by molar-refractivity contribution is 6.33. The Hall–Kier alpha value is -2.40. The van der Waals surface area contributed by atoms with Crippen LogP contribution in [0.5, 0.6) is 5.75 Å². The molecule has 2 aromatic rings. The smallest absolute Gasteiger partial charge is 0.255 e. The number of ketones is 1. The highest BCUT2D eigenvalue weighted by Crippen LogP contribution is 2.39. The molecule has 6 heteroatoms. The molecule has 128 valence electrons. The normalized spacial score (nSPS) is 22.0. The summed E-state index contributed by atoms with van der Waals surface area (Å²) < 4.78 is 19.3. The predicted octanol–water partition coefficient (Wildman–Crippen LogP) is 3.73. The van der Waals surface area contributed by atoms with Gasteiger partial charge in [-0.2, -0.15) is 0 Å². The maximum absolute atomic E-state index is 13.2. The maximum atomic E-state index is 13.2. The third-order valence-electron chi connectivity index (χ3n) is 4.76. The van der Waals surface area contributed by atoms with Crippen molar-refractivity contribution in [2.24, 2.45) is 0 Å². The van der Waals surface area contributed by atoms with E-state index in [1.54, 1.807) is 23.1 Å². The van der Waals surface area contributed by atoms with Gasteiger partial charge in [0.1, 0.15) is 17.2 Å². The number of hydrogen-bond acceptors (Lipinski definition) is 3. The van der Waals surface area contributed by atoms with Crippen molar-refractivity contribution >= 4 is 23.3 Å². The van der Waals surface area contributed by atoms with Crippen LogP contribution < -0.4 is 4.74 Å². The molecule has 1 amide bonds. The van der Waals surface area contributed by atoms with Crippen molar-refractivity contribution in [3.05, 3.63) is 64.4 Å². The Morgan fingerprint density at radius 3 is 2.84 bits per heavy atom. The van der Waals surface area contributed by atoms with Gasteiger partial charge in [0, 0.05) is 13.0 Å². The molecule has 0 bridgehead atoms. The summed E-state index contributed by atoms with van der Waals surface area (Å²) in [4.78, 5) is 26.8. The lowest BCUT2D eigenvalue weighted by atomic mass is 9.89. The number of fused-ring (bicyclic) bond motifs is 1. The Morgan fingerprint density at radius 2 is 2.04 bits per heavy atom. The fourth-order valence-electron chi connectivity index (χ4n) is 3.52. The van der Waals surface area contributed by atoms with Crippen molar-refractivity contribution in [1.29, 1.82) is 0 Å². The highest BCUT2D eigenvalue weighted by Gasteiger charge is 2.47. The number of para-hydroxylation sites is 1. The molecule has 2 aliphatic heterocycles. The minimum Gasteiger partial charge on any atom is -0.484 e. The van der Waals surface area contributed by atoms with Crippen LogP contribution in [-0.2, 0) is 0 Å². The second-order valence-electron chi connectivity index (χ2n) is 6.48. The van der Waals surface area contributed by atoms with Crippen molar-refractivity contribution in [2.45, 2.75) is 18.4 Å². The second-order valence-corrected chi connectivity index (χ2v) is 6.89. The summed E-state index contributed by atoms with van der Waals surface area (Å²) in [6.07, 6.45) is 0.808. The third kappa shape index (κ3) is 2.78. The van der Waals surface area contributed by atoms with E-state index in [1.165, 1.54) is 12.1 Å². The number of ether oxygens (including phenoxy) is 1. The van der Waals surface area contributed by atoms with Crippen molar-refractivity contribution in [3.63, 3.8) is 0 Å². The van der Waals surface area contributed by atoms with E-state index in [0.717, 1.165) is 6.07 Å². The van der Waals surface area contributed by atoms with Crippen LogP contribution in [-0.4, -0.2) is 35.3 Å². The number of amides is 1. The predicted molar refractivity (Wildman–Crippen MR) is 90.7 cm³/mol. The van der Waals surface area contributed by atoms with Crippen molar-refractivity contribution < 1.29 is 18.7 Å². The molecule has 2 aromatic carbocycles. The van der Waals surface area contributed by atoms with Crippen LogP contribution in [0.4, 0.5) is 4.39 Å². The molecule has 4 rings (SSSR count).